The van der Waals surface area contributed by atoms with Gasteiger partial charge in [0.25, 0.3) is 5.91 Å². The number of fused-ring (bicyclic) bond motifs is 1. The van der Waals surface area contributed by atoms with Crippen molar-refractivity contribution >= 4 is 28.6 Å². The first-order valence-corrected chi connectivity index (χ1v) is 9.31. The van der Waals surface area contributed by atoms with Gasteiger partial charge >= 0.3 is 0 Å². The van der Waals surface area contributed by atoms with E-state index in [1.165, 1.54) is 0 Å². The summed E-state index contributed by atoms with van der Waals surface area (Å²) in [6.07, 6.45) is 1.56. The minimum Gasteiger partial charge on any atom is -0.484 e. The van der Waals surface area contributed by atoms with Gasteiger partial charge in [0, 0.05) is 31.5 Å². The molecule has 4 rings (SSSR count). The molecule has 28 heavy (non-hydrogen) atoms. The first kappa shape index (κ1) is 18.4. The minimum absolute atomic E-state index is 0.0479. The van der Waals surface area contributed by atoms with Crippen LogP contribution in [-0.4, -0.2) is 53.4 Å². The van der Waals surface area contributed by atoms with Crippen molar-refractivity contribution < 1.29 is 23.9 Å². The molecule has 148 valence electrons. The molecule has 0 bridgehead atoms. The smallest absolute Gasteiger partial charge is 0.258 e. The number of rotatable bonds is 5. The molecule has 1 aromatic carbocycles. The molecule has 0 aliphatic carbocycles. The lowest BCUT2D eigenvalue weighted by atomic mass is 9.93. The number of nitrogens with one attached hydrogen (secondary N) is 2. The Bertz CT molecular complexity index is 932. The van der Waals surface area contributed by atoms with Crippen molar-refractivity contribution in [2.75, 3.05) is 19.8 Å². The monoisotopic (exact) mass is 386 g/mol. The average Bonchev–Trinajstić information content (AvgIpc) is 3.28. The van der Waals surface area contributed by atoms with E-state index >= 15 is 0 Å². The van der Waals surface area contributed by atoms with E-state index in [-0.39, 0.29) is 30.4 Å². The van der Waals surface area contributed by atoms with Crippen LogP contribution in [0, 0.1) is 0 Å². The number of imide groups is 1. The third-order valence-electron chi connectivity index (χ3n) is 5.09. The fourth-order valence-electron chi connectivity index (χ4n) is 3.63. The van der Waals surface area contributed by atoms with Crippen LogP contribution in [0.4, 0.5) is 0 Å². The second-order valence-electron chi connectivity index (χ2n) is 7.11. The molecule has 0 saturated carbocycles. The lowest BCUT2D eigenvalue weighted by Gasteiger charge is -2.19. The fraction of sp³-hybridized carbons (Fsp3) is 0.474. The molecule has 2 atom stereocenters. The number of carbonyl (C=O) groups excluding carboxylic acids is 3. The highest BCUT2D eigenvalue weighted by Gasteiger charge is 2.31. The summed E-state index contributed by atoms with van der Waals surface area (Å²) in [6.45, 7) is 1.12. The van der Waals surface area contributed by atoms with Gasteiger partial charge in [-0.15, -0.1) is 0 Å². The molecular formula is C19H22N4O5. The zero-order valence-electron chi connectivity index (χ0n) is 15.6. The number of amides is 3. The van der Waals surface area contributed by atoms with Crippen LogP contribution >= 0.6 is 0 Å². The Balaban J connectivity index is 1.47. The van der Waals surface area contributed by atoms with Crippen LogP contribution in [0.2, 0.25) is 0 Å². The van der Waals surface area contributed by atoms with Gasteiger partial charge in [0.1, 0.15) is 5.75 Å². The number of nitrogens with zero attached hydrogens (tertiary/aromatic N) is 2. The largest absolute Gasteiger partial charge is 0.484 e. The molecule has 0 radical (unpaired) electrons. The third kappa shape index (κ3) is 3.70. The highest BCUT2D eigenvalue weighted by molar-refractivity contribution is 6.02. The maximum Gasteiger partial charge on any atom is 0.258 e. The maximum atomic E-state index is 12.2. The summed E-state index contributed by atoms with van der Waals surface area (Å²) in [5, 5.41) is 10.6. The van der Waals surface area contributed by atoms with Gasteiger partial charge in [0.15, 0.2) is 6.61 Å². The number of hydrogen-bond donors (Lipinski definition) is 2. The van der Waals surface area contributed by atoms with E-state index in [9.17, 15) is 14.4 Å². The van der Waals surface area contributed by atoms with E-state index in [1.54, 1.807) is 23.9 Å². The molecule has 9 heteroatoms. The van der Waals surface area contributed by atoms with E-state index < -0.39 is 5.92 Å². The Morgan fingerprint density at radius 2 is 2.25 bits per heavy atom. The van der Waals surface area contributed by atoms with Gasteiger partial charge in [-0.1, -0.05) is 0 Å². The van der Waals surface area contributed by atoms with Crippen LogP contribution in [0.1, 0.15) is 30.9 Å². The van der Waals surface area contributed by atoms with Crippen molar-refractivity contribution in [2.45, 2.75) is 31.2 Å². The zero-order chi connectivity index (χ0) is 19.7. The van der Waals surface area contributed by atoms with Crippen molar-refractivity contribution in [1.82, 2.24) is 20.4 Å². The molecule has 2 fully saturated rings. The Labute approximate surface area is 161 Å². The van der Waals surface area contributed by atoms with Gasteiger partial charge in [-0.3, -0.25) is 24.4 Å². The van der Waals surface area contributed by atoms with E-state index in [2.05, 4.69) is 15.7 Å². The fourth-order valence-corrected chi connectivity index (χ4v) is 3.63. The first-order chi connectivity index (χ1) is 13.5. The quantitative estimate of drug-likeness (QED) is 0.719. The number of aryl methyl sites for hydroxylation is 1. The van der Waals surface area contributed by atoms with Gasteiger partial charge in [-0.2, -0.15) is 5.10 Å². The molecule has 2 unspecified atom stereocenters. The minimum atomic E-state index is -0.451. The summed E-state index contributed by atoms with van der Waals surface area (Å²) in [6, 6.07) is 5.43. The van der Waals surface area contributed by atoms with Gasteiger partial charge in [0.2, 0.25) is 11.8 Å². The highest BCUT2D eigenvalue weighted by atomic mass is 16.5. The second kappa shape index (κ2) is 7.59. The summed E-state index contributed by atoms with van der Waals surface area (Å²) in [5.41, 5.74) is 1.44. The van der Waals surface area contributed by atoms with Gasteiger partial charge < -0.3 is 14.8 Å². The molecule has 2 aliphatic rings. The molecule has 2 N–H and O–H groups in total. The third-order valence-corrected chi connectivity index (χ3v) is 5.09. The average molecular weight is 386 g/mol. The number of piperidine rings is 1. The highest BCUT2D eigenvalue weighted by Crippen LogP contribution is 2.31. The van der Waals surface area contributed by atoms with E-state index in [0.717, 1.165) is 17.3 Å². The molecule has 2 aromatic rings. The second-order valence-corrected chi connectivity index (χ2v) is 7.11. The molecule has 3 amide bonds. The van der Waals surface area contributed by atoms with Gasteiger partial charge in [0.05, 0.1) is 29.8 Å². The van der Waals surface area contributed by atoms with E-state index in [1.807, 2.05) is 6.07 Å². The van der Waals surface area contributed by atoms with Crippen molar-refractivity contribution in [3.05, 3.63) is 23.9 Å². The Morgan fingerprint density at radius 3 is 3.00 bits per heavy atom. The van der Waals surface area contributed by atoms with Crippen LogP contribution in [-0.2, 0) is 26.2 Å². The van der Waals surface area contributed by atoms with E-state index in [4.69, 9.17) is 9.47 Å². The summed E-state index contributed by atoms with van der Waals surface area (Å²) in [7, 11) is 1.79. The molecule has 0 spiro atoms. The van der Waals surface area contributed by atoms with E-state index in [0.29, 0.717) is 37.5 Å². The predicted molar refractivity (Wildman–Crippen MR) is 98.7 cm³/mol. The zero-order valence-corrected chi connectivity index (χ0v) is 15.6. The molecule has 2 saturated heterocycles. The molecule has 2 aliphatic heterocycles. The summed E-state index contributed by atoms with van der Waals surface area (Å²) >= 11 is 0. The topological polar surface area (TPSA) is 112 Å². The van der Waals surface area contributed by atoms with Crippen LogP contribution in [0.3, 0.4) is 0 Å². The number of benzene rings is 1. The van der Waals surface area contributed by atoms with Gasteiger partial charge in [-0.25, -0.2) is 0 Å². The summed E-state index contributed by atoms with van der Waals surface area (Å²) in [4.78, 5) is 35.6. The van der Waals surface area contributed by atoms with Crippen LogP contribution < -0.4 is 15.4 Å². The Morgan fingerprint density at radius 1 is 1.39 bits per heavy atom. The van der Waals surface area contributed by atoms with Crippen molar-refractivity contribution in [1.29, 1.82) is 0 Å². The number of ether oxygens (including phenoxy) is 2. The van der Waals surface area contributed by atoms with Crippen LogP contribution in [0.25, 0.3) is 10.9 Å². The molecule has 3 heterocycles. The Hall–Kier alpha value is -2.94. The number of hydrogen-bond acceptors (Lipinski definition) is 6. The summed E-state index contributed by atoms with van der Waals surface area (Å²) in [5.74, 6) is -0.663. The summed E-state index contributed by atoms with van der Waals surface area (Å²) < 4.78 is 12.5. The van der Waals surface area contributed by atoms with Crippen LogP contribution in [0.15, 0.2) is 18.2 Å². The molecule has 9 nitrogen and oxygen atoms in total. The number of aromatic nitrogens is 2. The maximum absolute atomic E-state index is 12.2. The SMILES string of the molecule is Cn1nc(C2CCC(=O)NC2=O)c2ccc(OCC(=O)NC3CCOC3)cc21. The predicted octanol–water partition coefficient (Wildman–Crippen LogP) is 0.377. The van der Waals surface area contributed by atoms with Crippen LogP contribution in [0.5, 0.6) is 5.75 Å². The lowest BCUT2D eigenvalue weighted by Crippen LogP contribution is -2.39. The standard InChI is InChI=1S/C19H22N4O5/c1-23-15-8-12(28-10-17(25)20-11-6-7-27-9-11)2-3-13(15)18(22-23)14-4-5-16(24)21-19(14)26/h2-3,8,11,14H,4-7,9-10H2,1H3,(H,20,25)(H,21,24,26). The number of carbonyl (C=O) groups is 3. The molecular weight excluding hydrogens is 364 g/mol. The lowest BCUT2D eigenvalue weighted by molar-refractivity contribution is -0.134. The first-order valence-electron chi connectivity index (χ1n) is 9.31. The van der Waals surface area contributed by atoms with Gasteiger partial charge in [-0.05, 0) is 25.0 Å². The molecule has 1 aromatic heterocycles. The van der Waals surface area contributed by atoms with Crippen molar-refractivity contribution in [2.24, 2.45) is 7.05 Å². The van der Waals surface area contributed by atoms with Crippen molar-refractivity contribution in [3.63, 3.8) is 0 Å². The Kier molecular flexibility index (Phi) is 4.99. The normalized spacial score (nSPS) is 22.3. The van der Waals surface area contributed by atoms with Crippen molar-refractivity contribution in [3.8, 4) is 5.75 Å².